The molecule has 2 saturated carbocycles. The summed E-state index contributed by atoms with van der Waals surface area (Å²) in [5, 5.41) is 23.4. The van der Waals surface area contributed by atoms with Crippen molar-refractivity contribution in [3.63, 3.8) is 0 Å². The van der Waals surface area contributed by atoms with Gasteiger partial charge >= 0.3 is 6.55 Å². The van der Waals surface area contributed by atoms with Gasteiger partial charge in [-0.3, -0.25) is 4.79 Å². The van der Waals surface area contributed by atoms with Crippen molar-refractivity contribution in [2.45, 2.75) is 76.9 Å². The first-order valence-electron chi connectivity index (χ1n) is 17.5. The van der Waals surface area contributed by atoms with Crippen molar-refractivity contribution in [3.05, 3.63) is 75.5 Å². The van der Waals surface area contributed by atoms with Gasteiger partial charge in [0.25, 0.3) is 0 Å². The standard InChI is InChI=1S/C34H34Cl2FN5O.C4H4F2N2O/c1-18-23-16-28(27-8-4-14-41(27)34(43)19-9-10-19)42(26-12-11-21(26)17-39)33(23)24-15-20(5-3-13-38)29(31(37)32(24)40-18)22-6-2-7-25(35)30(22)36;5-4(6)8-2-3(9)1-7-8/h2,6-7,15-16,19,21,26-27H,3-5,8-12,14,17,39H2,1H3;1-2,4,9H/t21-,26?,27?;/m1./s1. The SMILES string of the molecule is Cc1nc2c(F)c(-c3cccc(Cl)c3Cl)c(CCC#N)cc2c2c1cc(C1CCCN1C(=O)C1CC1)n2C1CC[C@@H]1CN.Oc1cnn(C(F)F)c1. The average Bonchev–Trinajstić information content (AvgIpc) is 3.47. The minimum Gasteiger partial charge on any atom is -0.505 e. The molecule has 0 radical (unpaired) electrons. The Morgan fingerprint density at radius 2 is 1.94 bits per heavy atom. The predicted molar refractivity (Wildman–Crippen MR) is 194 cm³/mol. The van der Waals surface area contributed by atoms with E-state index in [1.807, 2.05) is 13.0 Å². The van der Waals surface area contributed by atoms with Gasteiger partial charge in [-0.25, -0.2) is 14.1 Å². The van der Waals surface area contributed by atoms with Crippen molar-refractivity contribution < 1.29 is 23.1 Å². The normalized spacial score (nSPS) is 19.9. The number of alkyl halides is 2. The first-order chi connectivity index (χ1) is 25.0. The maximum atomic E-state index is 16.9. The Bertz CT molecular complexity index is 2210. The first-order valence-corrected chi connectivity index (χ1v) is 18.3. The van der Waals surface area contributed by atoms with Crippen molar-refractivity contribution in [2.24, 2.45) is 17.6 Å². The van der Waals surface area contributed by atoms with E-state index in [2.05, 4.69) is 26.7 Å². The molecule has 0 spiro atoms. The number of halogens is 5. The van der Waals surface area contributed by atoms with Crippen LogP contribution in [0.15, 0.2) is 42.7 Å². The number of hydrogen-bond acceptors (Lipinski definition) is 6. The number of likely N-dealkylation sites (tertiary alicyclic amines) is 1. The van der Waals surface area contributed by atoms with Crippen LogP contribution in [0.4, 0.5) is 13.2 Å². The van der Waals surface area contributed by atoms with Crippen LogP contribution in [0.1, 0.15) is 80.5 Å². The van der Waals surface area contributed by atoms with Crippen LogP contribution < -0.4 is 5.73 Å². The third-order valence-corrected chi connectivity index (χ3v) is 11.5. The zero-order valence-electron chi connectivity index (χ0n) is 28.5. The molecule has 2 aliphatic carbocycles. The fraction of sp³-hybridized carbons (Fsp3) is 0.421. The number of carbonyl (C=O) groups is 1. The second-order valence-electron chi connectivity index (χ2n) is 13.8. The lowest BCUT2D eigenvalue weighted by atomic mass is 9.79. The average molecular weight is 753 g/mol. The fourth-order valence-electron chi connectivity index (χ4n) is 7.80. The number of pyridine rings is 1. The second kappa shape index (κ2) is 14.6. The quantitative estimate of drug-likeness (QED) is 0.163. The van der Waals surface area contributed by atoms with Crippen LogP contribution in [0, 0.1) is 35.9 Å². The zero-order chi connectivity index (χ0) is 36.8. The van der Waals surface area contributed by atoms with E-state index >= 15 is 4.39 Å². The van der Waals surface area contributed by atoms with E-state index in [4.69, 9.17) is 39.0 Å². The molecular weight excluding hydrogens is 714 g/mol. The molecule has 272 valence electrons. The number of fused-ring (bicyclic) bond motifs is 3. The lowest BCUT2D eigenvalue weighted by molar-refractivity contribution is -0.133. The summed E-state index contributed by atoms with van der Waals surface area (Å²) < 4.78 is 42.8. The highest BCUT2D eigenvalue weighted by atomic mass is 35.5. The molecule has 1 aliphatic heterocycles. The smallest absolute Gasteiger partial charge is 0.333 e. The van der Waals surface area contributed by atoms with E-state index in [1.165, 1.54) is 0 Å². The van der Waals surface area contributed by atoms with Crippen molar-refractivity contribution in [1.82, 2.24) is 24.2 Å². The fourth-order valence-corrected chi connectivity index (χ4v) is 8.19. The summed E-state index contributed by atoms with van der Waals surface area (Å²) in [4.78, 5) is 20.3. The summed E-state index contributed by atoms with van der Waals surface area (Å²) in [6.45, 7) is 0.584. The number of nitriles is 1. The summed E-state index contributed by atoms with van der Waals surface area (Å²) in [5.41, 5.74) is 10.8. The molecule has 3 fully saturated rings. The van der Waals surface area contributed by atoms with E-state index in [0.717, 1.165) is 79.8 Å². The molecule has 5 aromatic rings. The molecule has 3 N–H and O–H groups in total. The number of rotatable bonds is 8. The van der Waals surface area contributed by atoms with Crippen molar-refractivity contribution in [1.29, 1.82) is 5.26 Å². The summed E-state index contributed by atoms with van der Waals surface area (Å²) >= 11 is 13.0. The van der Waals surface area contributed by atoms with Crippen LogP contribution in [0.3, 0.4) is 0 Å². The predicted octanol–water partition coefficient (Wildman–Crippen LogP) is 9.03. The topological polar surface area (TPSA) is 126 Å². The van der Waals surface area contributed by atoms with Gasteiger partial charge in [0.15, 0.2) is 11.6 Å². The molecule has 1 saturated heterocycles. The highest BCUT2D eigenvalue weighted by molar-refractivity contribution is 6.43. The molecule has 3 aliphatic rings. The molecule has 0 bridgehead atoms. The van der Waals surface area contributed by atoms with Crippen LogP contribution in [0.2, 0.25) is 10.0 Å². The number of benzene rings is 2. The molecular formula is C38H38Cl2F3N7O2. The van der Waals surface area contributed by atoms with Gasteiger partial charge in [-0.05, 0) is 88.1 Å². The van der Waals surface area contributed by atoms with Gasteiger partial charge < -0.3 is 20.3 Å². The van der Waals surface area contributed by atoms with Gasteiger partial charge in [-0.15, -0.1) is 0 Å². The van der Waals surface area contributed by atoms with Gasteiger partial charge in [0.2, 0.25) is 5.91 Å². The molecule has 9 nitrogen and oxygen atoms in total. The van der Waals surface area contributed by atoms with Gasteiger partial charge in [0.1, 0.15) is 5.52 Å². The van der Waals surface area contributed by atoms with E-state index in [-0.39, 0.29) is 46.6 Å². The van der Waals surface area contributed by atoms with Gasteiger partial charge in [0.05, 0.1) is 40.1 Å². The number of hydrogen-bond donors (Lipinski definition) is 2. The van der Waals surface area contributed by atoms with Crippen LogP contribution in [-0.4, -0.2) is 48.3 Å². The molecule has 2 unspecified atom stereocenters. The Morgan fingerprint density at radius 1 is 1.15 bits per heavy atom. The molecule has 14 heteroatoms. The largest absolute Gasteiger partial charge is 0.505 e. The number of amides is 1. The number of aromatic nitrogens is 4. The Labute approximate surface area is 308 Å². The zero-order valence-corrected chi connectivity index (χ0v) is 30.0. The minimum atomic E-state index is -2.68. The molecule has 8 rings (SSSR count). The third kappa shape index (κ3) is 6.48. The third-order valence-electron chi connectivity index (χ3n) is 10.6. The van der Waals surface area contributed by atoms with Gasteiger partial charge in [-0.1, -0.05) is 35.3 Å². The summed E-state index contributed by atoms with van der Waals surface area (Å²) in [7, 11) is 0. The van der Waals surface area contributed by atoms with E-state index < -0.39 is 12.4 Å². The van der Waals surface area contributed by atoms with Crippen molar-refractivity contribution >= 4 is 50.9 Å². The maximum absolute atomic E-state index is 16.9. The van der Waals surface area contributed by atoms with Gasteiger partial charge in [0, 0.05) is 58.2 Å². The van der Waals surface area contributed by atoms with Crippen LogP contribution >= 0.6 is 23.2 Å². The molecule has 52 heavy (non-hydrogen) atoms. The van der Waals surface area contributed by atoms with Gasteiger partial charge in [-0.2, -0.15) is 19.1 Å². The summed E-state index contributed by atoms with van der Waals surface area (Å²) in [6, 6.07) is 11.7. The Hall–Kier alpha value is -4.31. The van der Waals surface area contributed by atoms with Crippen LogP contribution in [-0.2, 0) is 11.2 Å². The highest BCUT2D eigenvalue weighted by Gasteiger charge is 2.42. The molecule has 3 atom stereocenters. The summed E-state index contributed by atoms with van der Waals surface area (Å²) in [6.07, 6.45) is 8.20. The lowest BCUT2D eigenvalue weighted by Gasteiger charge is -2.40. The van der Waals surface area contributed by atoms with Crippen LogP contribution in [0.5, 0.6) is 5.75 Å². The Kier molecular flexibility index (Phi) is 10.1. The molecule has 1 amide bonds. The highest BCUT2D eigenvalue weighted by Crippen LogP contribution is 2.49. The van der Waals surface area contributed by atoms with E-state index in [1.54, 1.807) is 18.2 Å². The Morgan fingerprint density at radius 3 is 2.56 bits per heavy atom. The molecule has 4 heterocycles. The number of nitrogens with two attached hydrogens (primary N) is 1. The monoisotopic (exact) mass is 751 g/mol. The second-order valence-corrected chi connectivity index (χ2v) is 14.6. The number of aromatic hydroxyl groups is 1. The van der Waals surface area contributed by atoms with Crippen molar-refractivity contribution in [2.75, 3.05) is 13.1 Å². The first kappa shape index (κ1) is 36.1. The number of nitrogens with zero attached hydrogens (tertiary/aromatic N) is 6. The van der Waals surface area contributed by atoms with E-state index in [9.17, 15) is 18.8 Å². The maximum Gasteiger partial charge on any atom is 0.333 e. The van der Waals surface area contributed by atoms with Crippen molar-refractivity contribution in [3.8, 4) is 22.9 Å². The molecule has 3 aromatic heterocycles. The molecule has 2 aromatic carbocycles. The summed E-state index contributed by atoms with van der Waals surface area (Å²) in [5.74, 6) is -0.00792. The number of carbonyl (C=O) groups excluding carboxylic acids is 1. The number of aryl methyl sites for hydroxylation is 2. The Balaban J connectivity index is 0.000000410. The minimum absolute atomic E-state index is 0.0265. The van der Waals surface area contributed by atoms with Crippen LogP contribution in [0.25, 0.3) is 32.9 Å². The van der Waals surface area contributed by atoms with E-state index in [0.29, 0.717) is 50.7 Å². The lowest BCUT2D eigenvalue weighted by Crippen LogP contribution is -2.37.